The molecule has 0 saturated carbocycles. The normalized spacial score (nSPS) is 14.6. The summed E-state index contributed by atoms with van der Waals surface area (Å²) < 4.78 is 2.68. The van der Waals surface area contributed by atoms with Crippen LogP contribution in [0.5, 0.6) is 0 Å². The van der Waals surface area contributed by atoms with Gasteiger partial charge in [-0.25, -0.2) is 0 Å². The van der Waals surface area contributed by atoms with Crippen LogP contribution in [0, 0.1) is 0 Å². The van der Waals surface area contributed by atoms with Crippen LogP contribution in [0.2, 0.25) is 15.1 Å². The van der Waals surface area contributed by atoms with Crippen LogP contribution in [0.4, 0.5) is 5.82 Å². The van der Waals surface area contributed by atoms with E-state index in [2.05, 4.69) is 36.1 Å². The zero-order chi connectivity index (χ0) is 22.7. The van der Waals surface area contributed by atoms with E-state index in [0.717, 1.165) is 53.3 Å². The Balaban J connectivity index is 1.32. The van der Waals surface area contributed by atoms with Crippen molar-refractivity contribution in [3.05, 3.63) is 79.3 Å². The van der Waals surface area contributed by atoms with Gasteiger partial charge in [0.15, 0.2) is 10.9 Å². The quantitative estimate of drug-likeness (QED) is 0.370. The average molecular weight is 574 g/mol. The first kappa shape index (κ1) is 23.8. The second-order valence-corrected chi connectivity index (χ2v) is 9.97. The van der Waals surface area contributed by atoms with Crippen LogP contribution >= 0.6 is 63.0 Å². The summed E-state index contributed by atoms with van der Waals surface area (Å²) in [5.41, 5.74) is 1.98. The summed E-state index contributed by atoms with van der Waals surface area (Å²) in [5, 5.41) is 10.7. The lowest BCUT2D eigenvalue weighted by atomic mass is 10.2. The van der Waals surface area contributed by atoms with E-state index in [1.165, 1.54) is 0 Å². The SMILES string of the molecule is S=C(Nc1nn(Cc2ccccc2Cl)cc1Br)N1CCN(Cc2c(Cl)cccc2Cl)CC1. The van der Waals surface area contributed by atoms with Crippen molar-refractivity contribution in [1.82, 2.24) is 19.6 Å². The fraction of sp³-hybridized carbons (Fsp3) is 0.273. The highest BCUT2D eigenvalue weighted by molar-refractivity contribution is 9.10. The second kappa shape index (κ2) is 10.7. The maximum atomic E-state index is 6.32. The maximum absolute atomic E-state index is 6.32. The summed E-state index contributed by atoms with van der Waals surface area (Å²) in [6.45, 7) is 4.66. The van der Waals surface area contributed by atoms with Crippen molar-refractivity contribution in [2.75, 3.05) is 31.5 Å². The van der Waals surface area contributed by atoms with E-state index in [1.807, 2.05) is 53.3 Å². The lowest BCUT2D eigenvalue weighted by Gasteiger charge is -2.36. The van der Waals surface area contributed by atoms with Gasteiger partial charge in [0.1, 0.15) is 0 Å². The van der Waals surface area contributed by atoms with Gasteiger partial charge in [-0.1, -0.05) is 59.1 Å². The lowest BCUT2D eigenvalue weighted by Crippen LogP contribution is -2.49. The highest BCUT2D eigenvalue weighted by atomic mass is 79.9. The Kier molecular flexibility index (Phi) is 7.97. The summed E-state index contributed by atoms with van der Waals surface area (Å²) in [4.78, 5) is 4.49. The van der Waals surface area contributed by atoms with Gasteiger partial charge >= 0.3 is 0 Å². The first-order valence-electron chi connectivity index (χ1n) is 10.1. The van der Waals surface area contributed by atoms with Crippen molar-refractivity contribution >= 4 is 73.9 Å². The molecule has 5 nitrogen and oxygen atoms in total. The molecular weight excluding hydrogens is 553 g/mol. The Morgan fingerprint density at radius 3 is 2.28 bits per heavy atom. The van der Waals surface area contributed by atoms with Crippen molar-refractivity contribution in [2.24, 2.45) is 0 Å². The van der Waals surface area contributed by atoms with Crippen LogP contribution < -0.4 is 5.32 Å². The molecule has 2 heterocycles. The van der Waals surface area contributed by atoms with Crippen LogP contribution in [0.3, 0.4) is 0 Å². The van der Waals surface area contributed by atoms with E-state index in [1.54, 1.807) is 0 Å². The third-order valence-corrected chi connectivity index (χ3v) is 7.35. The molecule has 10 heteroatoms. The molecule has 1 aliphatic rings. The van der Waals surface area contributed by atoms with Crippen molar-refractivity contribution < 1.29 is 0 Å². The summed E-state index contributed by atoms with van der Waals surface area (Å²) in [5.74, 6) is 0.687. The van der Waals surface area contributed by atoms with Gasteiger partial charge in [0.05, 0.1) is 11.0 Å². The fourth-order valence-electron chi connectivity index (χ4n) is 3.56. The minimum absolute atomic E-state index is 0.579. The molecule has 0 spiro atoms. The molecule has 0 radical (unpaired) electrons. The van der Waals surface area contributed by atoms with Crippen LogP contribution in [-0.4, -0.2) is 50.9 Å². The molecule has 1 N–H and O–H groups in total. The first-order chi connectivity index (χ1) is 15.4. The molecule has 1 saturated heterocycles. The summed E-state index contributed by atoms with van der Waals surface area (Å²) >= 11 is 28.1. The van der Waals surface area contributed by atoms with E-state index in [9.17, 15) is 0 Å². The molecule has 0 bridgehead atoms. The molecule has 3 aromatic rings. The average Bonchev–Trinajstić information content (AvgIpc) is 3.11. The number of rotatable bonds is 5. The number of aromatic nitrogens is 2. The molecule has 1 aliphatic heterocycles. The molecule has 32 heavy (non-hydrogen) atoms. The van der Waals surface area contributed by atoms with Crippen molar-refractivity contribution in [2.45, 2.75) is 13.1 Å². The van der Waals surface area contributed by atoms with Gasteiger partial charge in [-0.05, 0) is 51.9 Å². The highest BCUT2D eigenvalue weighted by Crippen LogP contribution is 2.26. The molecule has 1 fully saturated rings. The Hall–Kier alpha value is -1.35. The first-order valence-corrected chi connectivity index (χ1v) is 12.4. The Morgan fingerprint density at radius 2 is 1.59 bits per heavy atom. The summed E-state index contributed by atoms with van der Waals surface area (Å²) in [6, 6.07) is 13.4. The minimum atomic E-state index is 0.579. The number of hydrogen-bond donors (Lipinski definition) is 1. The molecular formula is C22H21BrCl3N5S. The highest BCUT2D eigenvalue weighted by Gasteiger charge is 2.21. The Labute approximate surface area is 216 Å². The molecule has 1 aromatic heterocycles. The van der Waals surface area contributed by atoms with Crippen molar-refractivity contribution in [1.29, 1.82) is 0 Å². The molecule has 2 aromatic carbocycles. The Morgan fingerprint density at radius 1 is 0.938 bits per heavy atom. The van der Waals surface area contributed by atoms with E-state index in [4.69, 9.17) is 47.0 Å². The van der Waals surface area contributed by atoms with Crippen molar-refractivity contribution in [3.63, 3.8) is 0 Å². The van der Waals surface area contributed by atoms with E-state index < -0.39 is 0 Å². The van der Waals surface area contributed by atoms with E-state index >= 15 is 0 Å². The van der Waals surface area contributed by atoms with Gasteiger partial charge in [0.25, 0.3) is 0 Å². The van der Waals surface area contributed by atoms with Gasteiger partial charge in [-0.15, -0.1) is 0 Å². The fourth-order valence-corrected chi connectivity index (χ4v) is 4.97. The predicted molar refractivity (Wildman–Crippen MR) is 140 cm³/mol. The predicted octanol–water partition coefficient (Wildman–Crippen LogP) is 6.17. The second-order valence-electron chi connectivity index (χ2n) is 7.51. The van der Waals surface area contributed by atoms with Gasteiger partial charge in [0, 0.05) is 59.6 Å². The molecule has 0 amide bonds. The standard InChI is InChI=1S/C22H21BrCl3N5S/c23-17-14-31(12-15-4-1-2-5-18(15)24)28-21(17)27-22(32)30-10-8-29(9-11-30)13-16-19(25)6-3-7-20(16)26/h1-7,14H,8-13H2,(H,27,28,32). The monoisotopic (exact) mass is 571 g/mol. The number of benzene rings is 2. The molecule has 0 atom stereocenters. The molecule has 168 valence electrons. The Bertz CT molecular complexity index is 1090. The maximum Gasteiger partial charge on any atom is 0.174 e. The summed E-state index contributed by atoms with van der Waals surface area (Å²) in [6.07, 6.45) is 1.92. The van der Waals surface area contributed by atoms with Gasteiger partial charge in [0.2, 0.25) is 0 Å². The summed E-state index contributed by atoms with van der Waals surface area (Å²) in [7, 11) is 0. The third-order valence-electron chi connectivity index (χ3n) is 5.34. The zero-order valence-corrected chi connectivity index (χ0v) is 21.7. The molecule has 4 rings (SSSR count). The number of thiocarbonyl (C=S) groups is 1. The largest absolute Gasteiger partial charge is 0.346 e. The third kappa shape index (κ3) is 5.76. The number of hydrogen-bond acceptors (Lipinski definition) is 3. The van der Waals surface area contributed by atoms with Crippen LogP contribution in [0.15, 0.2) is 53.1 Å². The topological polar surface area (TPSA) is 36.3 Å². The van der Waals surface area contributed by atoms with Gasteiger partial charge in [-0.2, -0.15) is 5.10 Å². The molecule has 0 aliphatic carbocycles. The van der Waals surface area contributed by atoms with Crippen LogP contribution in [0.25, 0.3) is 0 Å². The van der Waals surface area contributed by atoms with Crippen LogP contribution in [-0.2, 0) is 13.1 Å². The van der Waals surface area contributed by atoms with Crippen molar-refractivity contribution in [3.8, 4) is 0 Å². The lowest BCUT2D eigenvalue weighted by molar-refractivity contribution is 0.177. The number of nitrogens with zero attached hydrogens (tertiary/aromatic N) is 4. The molecule has 0 unspecified atom stereocenters. The number of halogens is 4. The number of anilines is 1. The number of piperazine rings is 1. The zero-order valence-electron chi connectivity index (χ0n) is 17.1. The minimum Gasteiger partial charge on any atom is -0.346 e. The van der Waals surface area contributed by atoms with Gasteiger partial charge < -0.3 is 10.2 Å². The smallest absolute Gasteiger partial charge is 0.174 e. The van der Waals surface area contributed by atoms with E-state index in [0.29, 0.717) is 27.5 Å². The van der Waals surface area contributed by atoms with E-state index in [-0.39, 0.29) is 0 Å². The number of nitrogens with one attached hydrogen (secondary N) is 1. The van der Waals surface area contributed by atoms with Gasteiger partial charge in [-0.3, -0.25) is 9.58 Å². The van der Waals surface area contributed by atoms with Crippen LogP contribution in [0.1, 0.15) is 11.1 Å².